The first-order valence-electron chi connectivity index (χ1n) is 6.09. The molecule has 0 saturated carbocycles. The lowest BCUT2D eigenvalue weighted by molar-refractivity contribution is 0.119. The van der Waals surface area contributed by atoms with Crippen LogP contribution >= 0.6 is 22.7 Å². The first kappa shape index (κ1) is 13.7. The highest BCUT2D eigenvalue weighted by Crippen LogP contribution is 2.20. The fourth-order valence-corrected chi connectivity index (χ4v) is 3.58. The van der Waals surface area contributed by atoms with E-state index in [1.54, 1.807) is 22.7 Å². The van der Waals surface area contributed by atoms with Crippen molar-refractivity contribution in [2.75, 3.05) is 6.54 Å². The van der Waals surface area contributed by atoms with Gasteiger partial charge in [-0.25, -0.2) is 0 Å². The SMILES string of the molecule is Cc1ccsc1CN(Cc1ccsc1)CC(C)O. The van der Waals surface area contributed by atoms with Gasteiger partial charge in [-0.3, -0.25) is 4.90 Å². The van der Waals surface area contributed by atoms with Gasteiger partial charge in [0.1, 0.15) is 0 Å². The van der Waals surface area contributed by atoms with Gasteiger partial charge in [-0.2, -0.15) is 11.3 Å². The lowest BCUT2D eigenvalue weighted by atomic mass is 10.2. The summed E-state index contributed by atoms with van der Waals surface area (Å²) in [6.07, 6.45) is -0.288. The molecule has 0 bridgehead atoms. The summed E-state index contributed by atoms with van der Waals surface area (Å²) in [5, 5.41) is 16.0. The van der Waals surface area contributed by atoms with Crippen LogP contribution in [0, 0.1) is 6.92 Å². The van der Waals surface area contributed by atoms with Crippen molar-refractivity contribution in [2.45, 2.75) is 33.0 Å². The first-order valence-corrected chi connectivity index (χ1v) is 7.92. The van der Waals surface area contributed by atoms with Crippen LogP contribution in [0.2, 0.25) is 0 Å². The van der Waals surface area contributed by atoms with Crippen LogP contribution < -0.4 is 0 Å². The number of thiophene rings is 2. The van der Waals surface area contributed by atoms with E-state index in [0.717, 1.165) is 13.1 Å². The first-order chi connectivity index (χ1) is 8.65. The second kappa shape index (κ2) is 6.48. The maximum absolute atomic E-state index is 9.61. The molecule has 1 N–H and O–H groups in total. The molecule has 0 saturated heterocycles. The summed E-state index contributed by atoms with van der Waals surface area (Å²) in [5.41, 5.74) is 2.68. The number of nitrogens with zero attached hydrogens (tertiary/aromatic N) is 1. The second-order valence-electron chi connectivity index (χ2n) is 4.68. The van der Waals surface area contributed by atoms with E-state index < -0.39 is 0 Å². The van der Waals surface area contributed by atoms with E-state index in [1.165, 1.54) is 16.0 Å². The zero-order valence-corrected chi connectivity index (χ0v) is 12.4. The molecule has 0 aliphatic rings. The van der Waals surface area contributed by atoms with E-state index in [1.807, 2.05) is 6.92 Å². The highest BCUT2D eigenvalue weighted by molar-refractivity contribution is 7.10. The van der Waals surface area contributed by atoms with Crippen LogP contribution in [-0.2, 0) is 13.1 Å². The Labute approximate surface area is 117 Å². The average Bonchev–Trinajstić information content (AvgIpc) is 2.91. The van der Waals surface area contributed by atoms with Crippen molar-refractivity contribution >= 4 is 22.7 Å². The molecule has 2 nitrogen and oxygen atoms in total. The Morgan fingerprint density at radius 1 is 1.28 bits per heavy atom. The number of hydrogen-bond acceptors (Lipinski definition) is 4. The Kier molecular flexibility index (Phi) is 4.95. The number of aliphatic hydroxyl groups is 1. The molecule has 0 aromatic carbocycles. The second-order valence-corrected chi connectivity index (χ2v) is 6.46. The van der Waals surface area contributed by atoms with E-state index in [9.17, 15) is 5.11 Å². The van der Waals surface area contributed by atoms with Crippen molar-refractivity contribution in [3.05, 3.63) is 44.3 Å². The summed E-state index contributed by atoms with van der Waals surface area (Å²) in [6, 6.07) is 4.31. The molecule has 4 heteroatoms. The molecule has 1 atom stereocenters. The van der Waals surface area contributed by atoms with Gasteiger partial charge in [0.15, 0.2) is 0 Å². The predicted molar refractivity (Wildman–Crippen MR) is 79.2 cm³/mol. The molecule has 2 rings (SSSR count). The number of rotatable bonds is 6. The van der Waals surface area contributed by atoms with Crippen LogP contribution in [0.4, 0.5) is 0 Å². The Morgan fingerprint density at radius 3 is 2.67 bits per heavy atom. The number of hydrogen-bond donors (Lipinski definition) is 1. The van der Waals surface area contributed by atoms with Crippen molar-refractivity contribution in [2.24, 2.45) is 0 Å². The summed E-state index contributed by atoms with van der Waals surface area (Å²) in [4.78, 5) is 3.71. The molecule has 0 radical (unpaired) electrons. The Bertz CT molecular complexity index is 462. The van der Waals surface area contributed by atoms with Crippen molar-refractivity contribution in [3.8, 4) is 0 Å². The molecular formula is C14H19NOS2. The van der Waals surface area contributed by atoms with Crippen molar-refractivity contribution in [1.82, 2.24) is 4.90 Å². The molecule has 2 aromatic heterocycles. The van der Waals surface area contributed by atoms with Crippen LogP contribution in [0.15, 0.2) is 28.3 Å². The van der Waals surface area contributed by atoms with E-state index in [4.69, 9.17) is 0 Å². The standard InChI is InChI=1S/C14H19NOS2/c1-11-3-6-18-14(11)9-15(7-12(2)16)8-13-4-5-17-10-13/h3-6,10,12,16H,7-9H2,1-2H3. The van der Waals surface area contributed by atoms with Gasteiger partial charge in [-0.1, -0.05) is 0 Å². The average molecular weight is 281 g/mol. The van der Waals surface area contributed by atoms with Crippen LogP contribution in [0.1, 0.15) is 22.9 Å². The molecule has 2 heterocycles. The molecule has 98 valence electrons. The van der Waals surface area contributed by atoms with Crippen molar-refractivity contribution < 1.29 is 5.11 Å². The molecule has 0 aliphatic heterocycles. The van der Waals surface area contributed by atoms with Crippen LogP contribution in [-0.4, -0.2) is 22.7 Å². The number of aliphatic hydroxyl groups excluding tert-OH is 1. The van der Waals surface area contributed by atoms with Crippen LogP contribution in [0.3, 0.4) is 0 Å². The highest BCUT2D eigenvalue weighted by Gasteiger charge is 2.12. The maximum Gasteiger partial charge on any atom is 0.0639 e. The third kappa shape index (κ3) is 3.92. The smallest absolute Gasteiger partial charge is 0.0639 e. The normalized spacial score (nSPS) is 13.1. The predicted octanol–water partition coefficient (Wildman–Crippen LogP) is 3.50. The number of aryl methyl sites for hydroxylation is 1. The van der Waals surface area contributed by atoms with Crippen LogP contribution in [0.25, 0.3) is 0 Å². The minimum absolute atomic E-state index is 0.288. The van der Waals surface area contributed by atoms with Crippen molar-refractivity contribution in [3.63, 3.8) is 0 Å². The van der Waals surface area contributed by atoms with Gasteiger partial charge in [0.2, 0.25) is 0 Å². The van der Waals surface area contributed by atoms with E-state index in [0.29, 0.717) is 6.54 Å². The molecular weight excluding hydrogens is 262 g/mol. The Balaban J connectivity index is 2.03. The third-order valence-corrected chi connectivity index (χ3v) is 4.58. The van der Waals surface area contributed by atoms with Gasteiger partial charge in [0.25, 0.3) is 0 Å². The summed E-state index contributed by atoms with van der Waals surface area (Å²) in [7, 11) is 0. The quantitative estimate of drug-likeness (QED) is 0.876. The summed E-state index contributed by atoms with van der Waals surface area (Å²) in [5.74, 6) is 0. The topological polar surface area (TPSA) is 23.5 Å². The van der Waals surface area contributed by atoms with Crippen LogP contribution in [0.5, 0.6) is 0 Å². The Morgan fingerprint density at radius 2 is 2.11 bits per heavy atom. The summed E-state index contributed by atoms with van der Waals surface area (Å²) in [6.45, 7) is 6.54. The van der Waals surface area contributed by atoms with Gasteiger partial charge in [-0.15, -0.1) is 11.3 Å². The highest BCUT2D eigenvalue weighted by atomic mass is 32.1. The van der Waals surface area contributed by atoms with E-state index in [2.05, 4.69) is 40.1 Å². The molecule has 0 amide bonds. The molecule has 0 spiro atoms. The van der Waals surface area contributed by atoms with Gasteiger partial charge in [0.05, 0.1) is 6.10 Å². The fourth-order valence-electron chi connectivity index (χ4n) is 1.97. The molecule has 0 fully saturated rings. The monoisotopic (exact) mass is 281 g/mol. The van der Waals surface area contributed by atoms with Crippen molar-refractivity contribution in [1.29, 1.82) is 0 Å². The van der Waals surface area contributed by atoms with Gasteiger partial charge >= 0.3 is 0 Å². The molecule has 0 aliphatic carbocycles. The lowest BCUT2D eigenvalue weighted by Crippen LogP contribution is -2.30. The van der Waals surface area contributed by atoms with Gasteiger partial charge in [-0.05, 0) is 53.2 Å². The molecule has 18 heavy (non-hydrogen) atoms. The minimum atomic E-state index is -0.288. The summed E-state index contributed by atoms with van der Waals surface area (Å²) >= 11 is 3.52. The zero-order chi connectivity index (χ0) is 13.0. The molecule has 1 unspecified atom stereocenters. The fraction of sp³-hybridized carbons (Fsp3) is 0.429. The van der Waals surface area contributed by atoms with E-state index in [-0.39, 0.29) is 6.10 Å². The zero-order valence-electron chi connectivity index (χ0n) is 10.8. The van der Waals surface area contributed by atoms with Gasteiger partial charge < -0.3 is 5.11 Å². The molecule has 2 aromatic rings. The maximum atomic E-state index is 9.61. The summed E-state index contributed by atoms with van der Waals surface area (Å²) < 4.78 is 0. The lowest BCUT2D eigenvalue weighted by Gasteiger charge is -2.23. The van der Waals surface area contributed by atoms with E-state index >= 15 is 0 Å². The Hall–Kier alpha value is -0.680. The largest absolute Gasteiger partial charge is 0.392 e. The minimum Gasteiger partial charge on any atom is -0.392 e. The van der Waals surface area contributed by atoms with Gasteiger partial charge in [0, 0.05) is 24.5 Å². The third-order valence-electron chi connectivity index (χ3n) is 2.84.